The van der Waals surface area contributed by atoms with Gasteiger partial charge in [-0.15, -0.1) is 5.10 Å². The second kappa shape index (κ2) is 5.27. The molecule has 2 rings (SSSR count). The molecule has 0 aliphatic heterocycles. The average molecular weight is 363 g/mol. The lowest BCUT2D eigenvalue weighted by molar-refractivity contribution is 0.617. The van der Waals surface area contributed by atoms with Crippen molar-refractivity contribution in [3.63, 3.8) is 0 Å². The standard InChI is InChI=1S/C11H10Br2FN3/c1-7-4-9(13)10(14)5-11(7)17-6-8(2-3-12)15-16-17/h4-6H,2-3H2,1H3. The minimum absolute atomic E-state index is 0.303. The van der Waals surface area contributed by atoms with Gasteiger partial charge in [-0.25, -0.2) is 9.07 Å². The number of halogens is 3. The molecular weight excluding hydrogens is 353 g/mol. The van der Waals surface area contributed by atoms with Crippen molar-refractivity contribution in [2.75, 3.05) is 5.33 Å². The summed E-state index contributed by atoms with van der Waals surface area (Å²) in [6.07, 6.45) is 2.62. The first-order valence-electron chi connectivity index (χ1n) is 5.05. The third-order valence-corrected chi connectivity index (χ3v) is 3.38. The van der Waals surface area contributed by atoms with Gasteiger partial charge in [0.2, 0.25) is 0 Å². The molecule has 3 nitrogen and oxygen atoms in total. The summed E-state index contributed by atoms with van der Waals surface area (Å²) >= 11 is 6.50. The smallest absolute Gasteiger partial charge is 0.139 e. The van der Waals surface area contributed by atoms with Crippen molar-refractivity contribution in [1.29, 1.82) is 0 Å². The van der Waals surface area contributed by atoms with Crippen LogP contribution in [0.3, 0.4) is 0 Å². The first kappa shape index (κ1) is 12.7. The Kier molecular flexibility index (Phi) is 3.93. The SMILES string of the molecule is Cc1cc(Br)c(F)cc1-n1cc(CCBr)nn1. The van der Waals surface area contributed by atoms with E-state index in [2.05, 4.69) is 42.2 Å². The van der Waals surface area contributed by atoms with Gasteiger partial charge in [-0.3, -0.25) is 0 Å². The van der Waals surface area contributed by atoms with Crippen molar-refractivity contribution in [3.05, 3.63) is 39.9 Å². The molecule has 0 saturated carbocycles. The minimum Gasteiger partial charge on any atom is -0.220 e. The summed E-state index contributed by atoms with van der Waals surface area (Å²) in [6, 6.07) is 3.18. The molecule has 0 saturated heterocycles. The van der Waals surface area contributed by atoms with Crippen molar-refractivity contribution in [1.82, 2.24) is 15.0 Å². The largest absolute Gasteiger partial charge is 0.220 e. The van der Waals surface area contributed by atoms with E-state index in [1.165, 1.54) is 6.07 Å². The Labute approximate surface area is 115 Å². The fourth-order valence-electron chi connectivity index (χ4n) is 1.51. The van der Waals surface area contributed by atoms with E-state index in [1.54, 1.807) is 10.7 Å². The molecule has 17 heavy (non-hydrogen) atoms. The molecule has 1 aromatic carbocycles. The van der Waals surface area contributed by atoms with E-state index in [1.807, 2.05) is 13.1 Å². The maximum Gasteiger partial charge on any atom is 0.139 e. The average Bonchev–Trinajstić information content (AvgIpc) is 2.72. The monoisotopic (exact) mass is 361 g/mol. The van der Waals surface area contributed by atoms with Gasteiger partial charge in [-0.05, 0) is 34.5 Å². The highest BCUT2D eigenvalue weighted by Gasteiger charge is 2.09. The van der Waals surface area contributed by atoms with Gasteiger partial charge < -0.3 is 0 Å². The maximum absolute atomic E-state index is 13.5. The molecule has 0 aliphatic rings. The summed E-state index contributed by atoms with van der Waals surface area (Å²) in [6.45, 7) is 1.91. The minimum atomic E-state index is -0.303. The van der Waals surface area contributed by atoms with E-state index in [9.17, 15) is 4.39 Å². The van der Waals surface area contributed by atoms with Crippen LogP contribution in [-0.2, 0) is 6.42 Å². The van der Waals surface area contributed by atoms with Gasteiger partial charge in [0.1, 0.15) is 5.82 Å². The van der Waals surface area contributed by atoms with E-state index in [0.717, 1.165) is 23.0 Å². The van der Waals surface area contributed by atoms with Crippen LogP contribution in [0.1, 0.15) is 11.3 Å². The zero-order valence-corrected chi connectivity index (χ0v) is 12.3. The summed E-state index contributed by atoms with van der Waals surface area (Å²) in [7, 11) is 0. The van der Waals surface area contributed by atoms with Crippen LogP contribution in [0.25, 0.3) is 5.69 Å². The molecule has 0 N–H and O–H groups in total. The second-order valence-electron chi connectivity index (χ2n) is 3.65. The number of rotatable bonds is 3. The van der Waals surface area contributed by atoms with Crippen molar-refractivity contribution < 1.29 is 4.39 Å². The Morgan fingerprint density at radius 2 is 2.18 bits per heavy atom. The molecule has 1 aromatic heterocycles. The van der Waals surface area contributed by atoms with E-state index in [0.29, 0.717) is 10.2 Å². The third kappa shape index (κ3) is 2.74. The van der Waals surface area contributed by atoms with Gasteiger partial charge in [-0.2, -0.15) is 0 Å². The predicted octanol–water partition coefficient (Wildman–Crippen LogP) is 3.41. The Bertz CT molecular complexity index is 540. The molecule has 0 fully saturated rings. The number of aromatic nitrogens is 3. The molecule has 0 spiro atoms. The lowest BCUT2D eigenvalue weighted by Crippen LogP contribution is -1.99. The molecule has 0 radical (unpaired) electrons. The van der Waals surface area contributed by atoms with Crippen LogP contribution in [0.4, 0.5) is 4.39 Å². The number of nitrogens with zero attached hydrogens (tertiary/aromatic N) is 3. The third-order valence-electron chi connectivity index (χ3n) is 2.38. The Hall–Kier alpha value is -0.750. The van der Waals surface area contributed by atoms with Crippen LogP contribution >= 0.6 is 31.9 Å². The topological polar surface area (TPSA) is 30.7 Å². The summed E-state index contributed by atoms with van der Waals surface area (Å²) in [5, 5.41) is 8.86. The van der Waals surface area contributed by atoms with Gasteiger partial charge in [-0.1, -0.05) is 21.1 Å². The van der Waals surface area contributed by atoms with Crippen molar-refractivity contribution in [2.45, 2.75) is 13.3 Å². The molecule has 0 amide bonds. The Morgan fingerprint density at radius 1 is 1.41 bits per heavy atom. The zero-order valence-electron chi connectivity index (χ0n) is 9.12. The van der Waals surface area contributed by atoms with E-state index in [4.69, 9.17) is 0 Å². The number of aryl methyl sites for hydroxylation is 2. The fourth-order valence-corrected chi connectivity index (χ4v) is 2.37. The molecule has 1 heterocycles. The van der Waals surface area contributed by atoms with Crippen LogP contribution in [0.15, 0.2) is 22.8 Å². The molecule has 0 bridgehead atoms. The first-order chi connectivity index (χ1) is 8.11. The number of alkyl halides is 1. The predicted molar refractivity (Wildman–Crippen MR) is 71.3 cm³/mol. The van der Waals surface area contributed by atoms with Gasteiger partial charge in [0, 0.05) is 17.8 Å². The first-order valence-corrected chi connectivity index (χ1v) is 6.96. The van der Waals surface area contributed by atoms with Crippen LogP contribution in [0.5, 0.6) is 0 Å². The highest BCUT2D eigenvalue weighted by Crippen LogP contribution is 2.22. The number of benzene rings is 1. The van der Waals surface area contributed by atoms with E-state index < -0.39 is 0 Å². The second-order valence-corrected chi connectivity index (χ2v) is 5.29. The lowest BCUT2D eigenvalue weighted by atomic mass is 10.2. The summed E-state index contributed by atoms with van der Waals surface area (Å²) < 4.78 is 15.5. The normalized spacial score (nSPS) is 10.8. The fraction of sp³-hybridized carbons (Fsp3) is 0.273. The summed E-state index contributed by atoms with van der Waals surface area (Å²) in [5.74, 6) is -0.303. The van der Waals surface area contributed by atoms with Gasteiger partial charge >= 0.3 is 0 Å². The lowest BCUT2D eigenvalue weighted by Gasteiger charge is -2.06. The Morgan fingerprint density at radius 3 is 2.88 bits per heavy atom. The van der Waals surface area contributed by atoms with Crippen LogP contribution in [0, 0.1) is 12.7 Å². The quantitative estimate of drug-likeness (QED) is 0.783. The molecule has 2 aromatic rings. The summed E-state index contributed by atoms with van der Waals surface area (Å²) in [4.78, 5) is 0. The van der Waals surface area contributed by atoms with Crippen LogP contribution in [-0.4, -0.2) is 20.3 Å². The molecule has 6 heteroatoms. The van der Waals surface area contributed by atoms with Gasteiger partial charge in [0.15, 0.2) is 0 Å². The zero-order chi connectivity index (χ0) is 12.4. The van der Waals surface area contributed by atoms with Gasteiger partial charge in [0.05, 0.1) is 22.1 Å². The molecule has 90 valence electrons. The number of hydrogen-bond donors (Lipinski definition) is 0. The Balaban J connectivity index is 2.41. The van der Waals surface area contributed by atoms with Crippen molar-refractivity contribution in [2.24, 2.45) is 0 Å². The number of hydrogen-bond acceptors (Lipinski definition) is 2. The van der Waals surface area contributed by atoms with E-state index >= 15 is 0 Å². The molecule has 0 unspecified atom stereocenters. The maximum atomic E-state index is 13.5. The van der Waals surface area contributed by atoms with Crippen LogP contribution < -0.4 is 0 Å². The molecule has 0 aliphatic carbocycles. The van der Waals surface area contributed by atoms with Gasteiger partial charge in [0.25, 0.3) is 0 Å². The highest BCUT2D eigenvalue weighted by molar-refractivity contribution is 9.10. The van der Waals surface area contributed by atoms with Crippen molar-refractivity contribution >= 4 is 31.9 Å². The summed E-state index contributed by atoms with van der Waals surface area (Å²) in [5.41, 5.74) is 2.53. The van der Waals surface area contributed by atoms with Crippen molar-refractivity contribution in [3.8, 4) is 5.69 Å². The highest BCUT2D eigenvalue weighted by atomic mass is 79.9. The molecular formula is C11H10Br2FN3. The van der Waals surface area contributed by atoms with E-state index in [-0.39, 0.29) is 5.82 Å². The molecule has 0 atom stereocenters. The van der Waals surface area contributed by atoms with Crippen LogP contribution in [0.2, 0.25) is 0 Å².